The van der Waals surface area contributed by atoms with Gasteiger partial charge < -0.3 is 10.6 Å². The van der Waals surface area contributed by atoms with E-state index in [1.165, 1.54) is 28.0 Å². The molecular weight excluding hydrogens is 370 g/mol. The molecule has 0 spiro atoms. The Labute approximate surface area is 167 Å². The van der Waals surface area contributed by atoms with E-state index < -0.39 is 5.92 Å². The summed E-state index contributed by atoms with van der Waals surface area (Å²) in [7, 11) is 0. The summed E-state index contributed by atoms with van der Waals surface area (Å²) in [6.07, 6.45) is 0.136. The molecule has 5 nitrogen and oxygen atoms in total. The number of nitrogens with zero attached hydrogens (tertiary/aromatic N) is 1. The Morgan fingerprint density at radius 1 is 1.18 bits per heavy atom. The van der Waals surface area contributed by atoms with Crippen molar-refractivity contribution >= 4 is 34.0 Å². The molecule has 3 aromatic rings. The van der Waals surface area contributed by atoms with Crippen LogP contribution in [0.25, 0.3) is 11.3 Å². The summed E-state index contributed by atoms with van der Waals surface area (Å²) in [5.41, 5.74) is 7.04. The topological polar surface area (TPSA) is 71.1 Å². The lowest BCUT2D eigenvalue weighted by Gasteiger charge is -2.24. The van der Waals surface area contributed by atoms with E-state index in [0.29, 0.717) is 10.8 Å². The molecule has 142 valence electrons. The number of nitrogens with one attached hydrogen (secondary N) is 2. The number of carbonyl (C=O) groups excluding carboxylic acids is 2. The Morgan fingerprint density at radius 2 is 1.89 bits per heavy atom. The molecule has 0 bridgehead atoms. The first-order valence-corrected chi connectivity index (χ1v) is 10.0. The molecule has 1 unspecified atom stereocenters. The predicted octanol–water partition coefficient (Wildman–Crippen LogP) is 4.80. The summed E-state index contributed by atoms with van der Waals surface area (Å²) in [6.45, 7) is 6.23. The second kappa shape index (κ2) is 7.20. The molecule has 0 saturated carbocycles. The fourth-order valence-electron chi connectivity index (χ4n) is 3.87. The zero-order valence-electron chi connectivity index (χ0n) is 16.0. The van der Waals surface area contributed by atoms with Gasteiger partial charge in [0, 0.05) is 23.1 Å². The van der Waals surface area contributed by atoms with Crippen LogP contribution in [0.3, 0.4) is 0 Å². The minimum atomic E-state index is -0.514. The van der Waals surface area contributed by atoms with E-state index in [1.807, 2.05) is 29.6 Å². The molecular formula is C22H21N3O2S. The number of hydrogen-bond acceptors (Lipinski definition) is 4. The van der Waals surface area contributed by atoms with Crippen LogP contribution in [0.15, 0.2) is 41.8 Å². The number of aryl methyl sites for hydroxylation is 3. The summed E-state index contributed by atoms with van der Waals surface area (Å²) < 4.78 is 0. The number of aromatic nitrogens is 1. The normalized spacial score (nSPS) is 15.7. The van der Waals surface area contributed by atoms with Gasteiger partial charge in [-0.2, -0.15) is 0 Å². The highest BCUT2D eigenvalue weighted by molar-refractivity contribution is 7.14. The third kappa shape index (κ3) is 3.43. The van der Waals surface area contributed by atoms with Gasteiger partial charge in [0.25, 0.3) is 0 Å². The maximum absolute atomic E-state index is 12.9. The highest BCUT2D eigenvalue weighted by Crippen LogP contribution is 2.34. The molecule has 1 atom stereocenters. The van der Waals surface area contributed by atoms with Crippen LogP contribution in [0.1, 0.15) is 34.6 Å². The van der Waals surface area contributed by atoms with Crippen molar-refractivity contribution in [1.29, 1.82) is 0 Å². The van der Waals surface area contributed by atoms with Crippen LogP contribution >= 0.6 is 11.3 Å². The molecule has 1 aliphatic rings. The molecule has 0 fully saturated rings. The number of carbonyl (C=O) groups is 2. The Balaban J connectivity index is 1.59. The predicted molar refractivity (Wildman–Crippen MR) is 113 cm³/mol. The molecule has 0 radical (unpaired) electrons. The van der Waals surface area contributed by atoms with E-state index in [2.05, 4.69) is 48.5 Å². The molecule has 2 aromatic carbocycles. The zero-order valence-corrected chi connectivity index (χ0v) is 16.8. The first-order valence-electron chi connectivity index (χ1n) is 9.16. The van der Waals surface area contributed by atoms with E-state index in [1.54, 1.807) is 0 Å². The van der Waals surface area contributed by atoms with Gasteiger partial charge in [-0.05, 0) is 43.5 Å². The molecule has 0 aliphatic carbocycles. The number of rotatable bonds is 3. The van der Waals surface area contributed by atoms with Gasteiger partial charge in [0.15, 0.2) is 5.13 Å². The molecule has 4 rings (SSSR count). The monoisotopic (exact) mass is 391 g/mol. The van der Waals surface area contributed by atoms with Gasteiger partial charge in [-0.1, -0.05) is 35.9 Å². The van der Waals surface area contributed by atoms with Crippen molar-refractivity contribution in [3.8, 4) is 11.3 Å². The van der Waals surface area contributed by atoms with E-state index in [0.717, 1.165) is 16.8 Å². The Kier molecular flexibility index (Phi) is 4.73. The minimum absolute atomic E-state index is 0.136. The van der Waals surface area contributed by atoms with E-state index in [9.17, 15) is 9.59 Å². The van der Waals surface area contributed by atoms with Crippen LogP contribution in [0.5, 0.6) is 0 Å². The Bertz CT molecular complexity index is 1060. The molecule has 6 heteroatoms. The summed E-state index contributed by atoms with van der Waals surface area (Å²) in [5, 5.41) is 8.23. The highest BCUT2D eigenvalue weighted by atomic mass is 32.1. The van der Waals surface area contributed by atoms with Crippen molar-refractivity contribution in [3.63, 3.8) is 0 Å². The first-order chi connectivity index (χ1) is 13.4. The van der Waals surface area contributed by atoms with E-state index >= 15 is 0 Å². The number of para-hydroxylation sites is 1. The van der Waals surface area contributed by atoms with Gasteiger partial charge in [0.2, 0.25) is 11.8 Å². The third-order valence-corrected chi connectivity index (χ3v) is 5.74. The minimum Gasteiger partial charge on any atom is -0.326 e. The van der Waals surface area contributed by atoms with Gasteiger partial charge in [-0.25, -0.2) is 4.98 Å². The van der Waals surface area contributed by atoms with Crippen LogP contribution < -0.4 is 10.6 Å². The molecule has 0 saturated heterocycles. The van der Waals surface area contributed by atoms with Crippen LogP contribution in [0.4, 0.5) is 10.8 Å². The van der Waals surface area contributed by atoms with Crippen LogP contribution in [0.2, 0.25) is 0 Å². The number of anilines is 2. The lowest BCUT2D eigenvalue weighted by atomic mass is 9.90. The molecule has 28 heavy (non-hydrogen) atoms. The van der Waals surface area contributed by atoms with Crippen LogP contribution in [-0.2, 0) is 9.59 Å². The maximum Gasteiger partial charge on any atom is 0.234 e. The van der Waals surface area contributed by atoms with Crippen molar-refractivity contribution in [3.05, 3.63) is 64.0 Å². The standard InChI is InChI=1S/C22H21N3O2S/c1-12-8-13(2)20(14(3)9-12)18-11-28-22(24-18)25-21(27)16-10-19(26)23-17-7-5-4-6-15(16)17/h4-9,11,16H,10H2,1-3H3,(H,23,26)(H,24,25,27). The number of hydrogen-bond donors (Lipinski definition) is 2. The summed E-state index contributed by atoms with van der Waals surface area (Å²) in [4.78, 5) is 29.5. The number of amides is 2. The largest absolute Gasteiger partial charge is 0.326 e. The van der Waals surface area contributed by atoms with Crippen molar-refractivity contribution in [1.82, 2.24) is 4.98 Å². The fourth-order valence-corrected chi connectivity index (χ4v) is 4.57. The fraction of sp³-hybridized carbons (Fsp3) is 0.227. The van der Waals surface area contributed by atoms with Crippen LogP contribution in [-0.4, -0.2) is 16.8 Å². The first kappa shape index (κ1) is 18.4. The smallest absolute Gasteiger partial charge is 0.234 e. The van der Waals surface area contributed by atoms with Gasteiger partial charge >= 0.3 is 0 Å². The van der Waals surface area contributed by atoms with Crippen molar-refractivity contribution in [2.24, 2.45) is 0 Å². The van der Waals surface area contributed by atoms with Gasteiger partial charge in [-0.3, -0.25) is 9.59 Å². The highest BCUT2D eigenvalue weighted by Gasteiger charge is 2.30. The Morgan fingerprint density at radius 3 is 2.64 bits per heavy atom. The number of thiazole rings is 1. The summed E-state index contributed by atoms with van der Waals surface area (Å²) in [5.74, 6) is -0.870. The molecule has 1 aliphatic heterocycles. The maximum atomic E-state index is 12.9. The molecule has 2 amide bonds. The second-order valence-corrected chi connectivity index (χ2v) is 8.05. The van der Waals surface area contributed by atoms with Crippen LogP contribution in [0, 0.1) is 20.8 Å². The van der Waals surface area contributed by atoms with Crippen molar-refractivity contribution in [2.75, 3.05) is 10.6 Å². The quantitative estimate of drug-likeness (QED) is 0.674. The molecule has 2 heterocycles. The van der Waals surface area contributed by atoms with Crippen molar-refractivity contribution < 1.29 is 9.59 Å². The average molecular weight is 391 g/mol. The Hall–Kier alpha value is -2.99. The molecule has 1 aromatic heterocycles. The SMILES string of the molecule is Cc1cc(C)c(-c2csc(NC(=O)C3CC(=O)Nc4ccccc43)n2)c(C)c1. The average Bonchev–Trinajstić information content (AvgIpc) is 3.08. The number of fused-ring (bicyclic) bond motifs is 1. The number of benzene rings is 2. The van der Waals surface area contributed by atoms with Gasteiger partial charge in [-0.15, -0.1) is 11.3 Å². The lowest BCUT2D eigenvalue weighted by molar-refractivity contribution is -0.123. The lowest BCUT2D eigenvalue weighted by Crippen LogP contribution is -2.30. The van der Waals surface area contributed by atoms with E-state index in [4.69, 9.17) is 0 Å². The molecule has 2 N–H and O–H groups in total. The summed E-state index contributed by atoms with van der Waals surface area (Å²) in [6, 6.07) is 11.7. The van der Waals surface area contributed by atoms with Gasteiger partial charge in [0.1, 0.15) is 0 Å². The third-order valence-electron chi connectivity index (χ3n) is 4.98. The summed E-state index contributed by atoms with van der Waals surface area (Å²) >= 11 is 1.40. The van der Waals surface area contributed by atoms with E-state index in [-0.39, 0.29) is 18.2 Å². The van der Waals surface area contributed by atoms with Crippen molar-refractivity contribution in [2.45, 2.75) is 33.1 Å². The van der Waals surface area contributed by atoms with Gasteiger partial charge in [0.05, 0.1) is 11.6 Å². The second-order valence-electron chi connectivity index (χ2n) is 7.19. The zero-order chi connectivity index (χ0) is 19.8.